The average molecular weight is 306 g/mol. The number of nitrogens with two attached hydrogens (primary N) is 1. The smallest absolute Gasteiger partial charge is 0.248 e. The number of benzene rings is 2. The SMILES string of the molecule is NC(=O)c1ccc2[nH]nc(-c3cccc(CNC4CC4)c3)c2c1. The van der Waals surface area contributed by atoms with E-state index in [0.29, 0.717) is 11.6 Å². The molecular formula is C18H18N4O. The molecule has 4 N–H and O–H groups in total. The van der Waals surface area contributed by atoms with E-state index in [4.69, 9.17) is 5.73 Å². The molecule has 1 fully saturated rings. The number of primary amides is 1. The van der Waals surface area contributed by atoms with Crippen molar-refractivity contribution >= 4 is 16.8 Å². The van der Waals surface area contributed by atoms with Gasteiger partial charge in [0.2, 0.25) is 5.91 Å². The van der Waals surface area contributed by atoms with E-state index in [2.05, 4.69) is 27.6 Å². The molecule has 0 atom stereocenters. The van der Waals surface area contributed by atoms with Gasteiger partial charge in [0.05, 0.1) is 11.2 Å². The molecule has 1 heterocycles. The van der Waals surface area contributed by atoms with Crippen molar-refractivity contribution in [2.75, 3.05) is 0 Å². The molecular weight excluding hydrogens is 288 g/mol. The minimum atomic E-state index is -0.429. The number of aromatic nitrogens is 2. The zero-order valence-corrected chi connectivity index (χ0v) is 12.7. The summed E-state index contributed by atoms with van der Waals surface area (Å²) >= 11 is 0. The maximum absolute atomic E-state index is 11.4. The normalized spacial score (nSPS) is 14.3. The van der Waals surface area contributed by atoms with E-state index in [1.54, 1.807) is 12.1 Å². The highest BCUT2D eigenvalue weighted by Gasteiger charge is 2.20. The van der Waals surface area contributed by atoms with Gasteiger partial charge in [-0.05, 0) is 42.7 Å². The van der Waals surface area contributed by atoms with E-state index in [0.717, 1.165) is 28.7 Å². The third-order valence-electron chi connectivity index (χ3n) is 4.22. The first-order valence-corrected chi connectivity index (χ1v) is 7.81. The Morgan fingerprint density at radius 1 is 1.26 bits per heavy atom. The lowest BCUT2D eigenvalue weighted by molar-refractivity contribution is 0.100. The molecule has 0 unspecified atom stereocenters. The molecule has 0 bridgehead atoms. The first-order chi connectivity index (χ1) is 11.2. The summed E-state index contributed by atoms with van der Waals surface area (Å²) in [7, 11) is 0. The summed E-state index contributed by atoms with van der Waals surface area (Å²) < 4.78 is 0. The Morgan fingerprint density at radius 3 is 2.91 bits per heavy atom. The van der Waals surface area contributed by atoms with Crippen molar-refractivity contribution in [2.24, 2.45) is 5.73 Å². The van der Waals surface area contributed by atoms with Crippen LogP contribution in [0.3, 0.4) is 0 Å². The summed E-state index contributed by atoms with van der Waals surface area (Å²) in [6.07, 6.45) is 2.55. The molecule has 1 aliphatic carbocycles. The Labute approximate surface area is 133 Å². The van der Waals surface area contributed by atoms with Crippen molar-refractivity contribution in [1.82, 2.24) is 15.5 Å². The van der Waals surface area contributed by atoms with Gasteiger partial charge in [0, 0.05) is 29.1 Å². The van der Waals surface area contributed by atoms with Crippen LogP contribution in [0.5, 0.6) is 0 Å². The maximum atomic E-state index is 11.4. The molecule has 5 nitrogen and oxygen atoms in total. The minimum Gasteiger partial charge on any atom is -0.366 e. The number of aromatic amines is 1. The molecule has 0 saturated heterocycles. The van der Waals surface area contributed by atoms with Crippen LogP contribution in [0.1, 0.15) is 28.8 Å². The summed E-state index contributed by atoms with van der Waals surface area (Å²) in [6, 6.07) is 14.4. The third-order valence-corrected chi connectivity index (χ3v) is 4.22. The van der Waals surface area contributed by atoms with E-state index in [9.17, 15) is 4.79 Å². The fourth-order valence-corrected chi connectivity index (χ4v) is 2.77. The van der Waals surface area contributed by atoms with Gasteiger partial charge in [-0.25, -0.2) is 0 Å². The molecule has 116 valence electrons. The lowest BCUT2D eigenvalue weighted by Gasteiger charge is -2.05. The van der Waals surface area contributed by atoms with E-state index in [-0.39, 0.29) is 0 Å². The molecule has 1 saturated carbocycles. The number of hydrogen-bond donors (Lipinski definition) is 3. The molecule has 0 aliphatic heterocycles. The molecule has 1 aliphatic rings. The Morgan fingerprint density at radius 2 is 2.13 bits per heavy atom. The number of amides is 1. The van der Waals surface area contributed by atoms with Crippen LogP contribution in [0, 0.1) is 0 Å². The summed E-state index contributed by atoms with van der Waals surface area (Å²) in [6.45, 7) is 0.868. The molecule has 0 radical (unpaired) electrons. The van der Waals surface area contributed by atoms with Crippen LogP contribution in [-0.2, 0) is 6.54 Å². The summed E-state index contributed by atoms with van der Waals surface area (Å²) in [5, 5.41) is 11.9. The zero-order chi connectivity index (χ0) is 15.8. The number of nitrogens with one attached hydrogen (secondary N) is 2. The van der Waals surface area contributed by atoms with Crippen LogP contribution >= 0.6 is 0 Å². The lowest BCUT2D eigenvalue weighted by atomic mass is 10.0. The van der Waals surface area contributed by atoms with Crippen molar-refractivity contribution in [3.63, 3.8) is 0 Å². The van der Waals surface area contributed by atoms with Crippen molar-refractivity contribution in [3.8, 4) is 11.3 Å². The number of fused-ring (bicyclic) bond motifs is 1. The largest absolute Gasteiger partial charge is 0.366 e. The van der Waals surface area contributed by atoms with Crippen LogP contribution in [0.15, 0.2) is 42.5 Å². The predicted octanol–water partition coefficient (Wildman–Crippen LogP) is 2.58. The molecule has 1 aromatic heterocycles. The number of carbonyl (C=O) groups excluding carboxylic acids is 1. The van der Waals surface area contributed by atoms with E-state index in [1.807, 2.05) is 18.2 Å². The van der Waals surface area contributed by atoms with Crippen LogP contribution in [0.25, 0.3) is 22.2 Å². The average Bonchev–Trinajstić information content (AvgIpc) is 3.30. The second-order valence-corrected chi connectivity index (χ2v) is 6.05. The van der Waals surface area contributed by atoms with E-state index >= 15 is 0 Å². The number of hydrogen-bond acceptors (Lipinski definition) is 3. The van der Waals surface area contributed by atoms with Gasteiger partial charge in [0.1, 0.15) is 0 Å². The second kappa shape index (κ2) is 5.52. The van der Waals surface area contributed by atoms with Crippen LogP contribution in [0.4, 0.5) is 0 Å². The molecule has 0 spiro atoms. The first kappa shape index (κ1) is 14.0. The fourth-order valence-electron chi connectivity index (χ4n) is 2.77. The minimum absolute atomic E-state index is 0.429. The lowest BCUT2D eigenvalue weighted by Crippen LogP contribution is -2.15. The van der Waals surface area contributed by atoms with Gasteiger partial charge in [0.15, 0.2) is 0 Å². The quantitative estimate of drug-likeness (QED) is 0.677. The third kappa shape index (κ3) is 2.83. The Bertz CT molecular complexity index is 880. The van der Waals surface area contributed by atoms with Gasteiger partial charge >= 0.3 is 0 Å². The number of H-pyrrole nitrogens is 1. The van der Waals surface area contributed by atoms with Crippen molar-refractivity contribution in [2.45, 2.75) is 25.4 Å². The van der Waals surface area contributed by atoms with Crippen LogP contribution in [0.2, 0.25) is 0 Å². The number of nitrogens with zero attached hydrogens (tertiary/aromatic N) is 1. The van der Waals surface area contributed by atoms with Gasteiger partial charge in [-0.1, -0.05) is 18.2 Å². The number of carbonyl (C=O) groups is 1. The van der Waals surface area contributed by atoms with Crippen molar-refractivity contribution in [3.05, 3.63) is 53.6 Å². The standard InChI is InChI=1S/C18H18N4O/c19-18(23)13-4-7-16-15(9-13)17(22-21-16)12-3-1-2-11(8-12)10-20-14-5-6-14/h1-4,7-9,14,20H,5-6,10H2,(H2,19,23)(H,21,22). The first-order valence-electron chi connectivity index (χ1n) is 7.81. The topological polar surface area (TPSA) is 83.8 Å². The van der Waals surface area contributed by atoms with Gasteiger partial charge in [0.25, 0.3) is 0 Å². The molecule has 5 heteroatoms. The molecule has 2 aromatic carbocycles. The van der Waals surface area contributed by atoms with Crippen LogP contribution < -0.4 is 11.1 Å². The highest BCUT2D eigenvalue weighted by Crippen LogP contribution is 2.28. The zero-order valence-electron chi connectivity index (χ0n) is 12.7. The van der Waals surface area contributed by atoms with E-state index < -0.39 is 5.91 Å². The molecule has 23 heavy (non-hydrogen) atoms. The predicted molar refractivity (Wildman–Crippen MR) is 89.9 cm³/mol. The van der Waals surface area contributed by atoms with Crippen molar-refractivity contribution < 1.29 is 4.79 Å². The summed E-state index contributed by atoms with van der Waals surface area (Å²) in [4.78, 5) is 11.4. The highest BCUT2D eigenvalue weighted by molar-refractivity contribution is 6.00. The molecule has 1 amide bonds. The maximum Gasteiger partial charge on any atom is 0.248 e. The summed E-state index contributed by atoms with van der Waals surface area (Å²) in [5.41, 5.74) is 9.88. The molecule has 3 aromatic rings. The van der Waals surface area contributed by atoms with Gasteiger partial charge in [-0.15, -0.1) is 0 Å². The highest BCUT2D eigenvalue weighted by atomic mass is 16.1. The summed E-state index contributed by atoms with van der Waals surface area (Å²) in [5.74, 6) is -0.429. The Balaban J connectivity index is 1.71. The van der Waals surface area contributed by atoms with Crippen LogP contribution in [-0.4, -0.2) is 22.1 Å². The van der Waals surface area contributed by atoms with Gasteiger partial charge in [-0.2, -0.15) is 5.10 Å². The molecule has 4 rings (SSSR count). The van der Waals surface area contributed by atoms with Gasteiger partial charge in [-0.3, -0.25) is 9.89 Å². The van der Waals surface area contributed by atoms with Gasteiger partial charge < -0.3 is 11.1 Å². The Hall–Kier alpha value is -2.66. The fraction of sp³-hybridized carbons (Fsp3) is 0.222. The van der Waals surface area contributed by atoms with Crippen molar-refractivity contribution in [1.29, 1.82) is 0 Å². The Kier molecular flexibility index (Phi) is 3.35. The second-order valence-electron chi connectivity index (χ2n) is 6.05. The van der Waals surface area contributed by atoms with E-state index in [1.165, 1.54) is 18.4 Å². The number of rotatable bonds is 5. The monoisotopic (exact) mass is 306 g/mol.